The van der Waals surface area contributed by atoms with Crippen molar-refractivity contribution in [2.45, 2.75) is 24.9 Å². The molecule has 0 radical (unpaired) electrons. The van der Waals surface area contributed by atoms with Gasteiger partial charge in [0.05, 0.1) is 0 Å². The Morgan fingerprint density at radius 1 is 1.22 bits per heavy atom. The number of likely N-dealkylation sites (N-methyl/N-ethyl adjacent to an activating group) is 1. The predicted molar refractivity (Wildman–Crippen MR) is 92.3 cm³/mol. The van der Waals surface area contributed by atoms with E-state index in [0.29, 0.717) is 0 Å². The zero-order chi connectivity index (χ0) is 16.1. The van der Waals surface area contributed by atoms with Gasteiger partial charge in [-0.3, -0.25) is 9.69 Å². The average Bonchev–Trinajstić information content (AvgIpc) is 2.59. The van der Waals surface area contributed by atoms with Gasteiger partial charge in [0, 0.05) is 38.8 Å². The van der Waals surface area contributed by atoms with E-state index in [2.05, 4.69) is 39.6 Å². The van der Waals surface area contributed by atoms with Crippen molar-refractivity contribution in [3.8, 4) is 0 Å². The van der Waals surface area contributed by atoms with E-state index in [0.717, 1.165) is 57.7 Å². The van der Waals surface area contributed by atoms with Crippen molar-refractivity contribution >= 4 is 5.91 Å². The maximum atomic E-state index is 13.0. The Morgan fingerprint density at radius 2 is 1.96 bits per heavy atom. The van der Waals surface area contributed by atoms with Gasteiger partial charge in [0.25, 0.3) is 0 Å². The SMILES string of the molecule is CN1CCN(C(C(=O)NC2CCCNC2)c2ccccc2)CC1. The molecule has 1 aromatic rings. The van der Waals surface area contributed by atoms with Crippen LogP contribution in [0.5, 0.6) is 0 Å². The molecular weight excluding hydrogens is 288 g/mol. The Labute approximate surface area is 139 Å². The summed E-state index contributed by atoms with van der Waals surface area (Å²) in [6.45, 7) is 5.85. The fourth-order valence-electron chi connectivity index (χ4n) is 3.50. The topological polar surface area (TPSA) is 47.6 Å². The minimum atomic E-state index is -0.174. The number of hydrogen-bond donors (Lipinski definition) is 2. The summed E-state index contributed by atoms with van der Waals surface area (Å²) >= 11 is 0. The second kappa shape index (κ2) is 7.90. The van der Waals surface area contributed by atoms with Gasteiger partial charge >= 0.3 is 0 Å². The number of piperazine rings is 1. The highest BCUT2D eigenvalue weighted by Gasteiger charge is 2.31. The van der Waals surface area contributed by atoms with Crippen molar-refractivity contribution in [2.24, 2.45) is 0 Å². The monoisotopic (exact) mass is 316 g/mol. The van der Waals surface area contributed by atoms with E-state index in [1.807, 2.05) is 18.2 Å². The summed E-state index contributed by atoms with van der Waals surface area (Å²) < 4.78 is 0. The standard InChI is InChI=1S/C18H28N4O/c1-21-10-12-22(13-11-21)17(15-6-3-2-4-7-15)18(23)20-16-8-5-9-19-14-16/h2-4,6-7,16-17,19H,5,8-14H2,1H3,(H,20,23). The predicted octanol–water partition coefficient (Wildman–Crippen LogP) is 0.843. The van der Waals surface area contributed by atoms with Gasteiger partial charge < -0.3 is 15.5 Å². The Hall–Kier alpha value is -1.43. The first kappa shape index (κ1) is 16.4. The average molecular weight is 316 g/mol. The Kier molecular flexibility index (Phi) is 5.65. The molecule has 2 aliphatic heterocycles. The van der Waals surface area contributed by atoms with Crippen LogP contribution in [-0.4, -0.2) is 68.1 Å². The summed E-state index contributed by atoms with van der Waals surface area (Å²) in [5.74, 6) is 0.148. The molecule has 0 spiro atoms. The number of carbonyl (C=O) groups excluding carboxylic acids is 1. The quantitative estimate of drug-likeness (QED) is 0.864. The highest BCUT2D eigenvalue weighted by Crippen LogP contribution is 2.23. The lowest BCUT2D eigenvalue weighted by Crippen LogP contribution is -2.53. The highest BCUT2D eigenvalue weighted by molar-refractivity contribution is 5.83. The summed E-state index contributed by atoms with van der Waals surface area (Å²) in [7, 11) is 2.14. The van der Waals surface area contributed by atoms with Crippen molar-refractivity contribution in [1.82, 2.24) is 20.4 Å². The number of hydrogen-bond acceptors (Lipinski definition) is 4. The summed E-state index contributed by atoms with van der Waals surface area (Å²) in [6, 6.07) is 10.3. The molecule has 5 nitrogen and oxygen atoms in total. The van der Waals surface area contributed by atoms with Crippen LogP contribution in [0.25, 0.3) is 0 Å². The van der Waals surface area contributed by atoms with Crippen LogP contribution in [0.2, 0.25) is 0 Å². The molecule has 126 valence electrons. The molecular formula is C18H28N4O. The van der Waals surface area contributed by atoms with Crippen LogP contribution in [0.4, 0.5) is 0 Å². The Bertz CT molecular complexity index is 493. The molecule has 2 fully saturated rings. The van der Waals surface area contributed by atoms with Gasteiger partial charge in [0.15, 0.2) is 0 Å². The lowest BCUT2D eigenvalue weighted by atomic mass is 10.0. The fourth-order valence-corrected chi connectivity index (χ4v) is 3.50. The summed E-state index contributed by atoms with van der Waals surface area (Å²) in [4.78, 5) is 17.6. The number of piperidine rings is 1. The minimum absolute atomic E-state index is 0.148. The lowest BCUT2D eigenvalue weighted by Gasteiger charge is -2.38. The second-order valence-electron chi connectivity index (χ2n) is 6.70. The summed E-state index contributed by atoms with van der Waals surface area (Å²) in [5, 5.41) is 6.64. The van der Waals surface area contributed by atoms with E-state index >= 15 is 0 Å². The number of amides is 1. The van der Waals surface area contributed by atoms with Crippen LogP contribution in [0.15, 0.2) is 30.3 Å². The molecule has 0 saturated carbocycles. The normalized spacial score (nSPS) is 25.0. The van der Waals surface area contributed by atoms with Gasteiger partial charge in [0.2, 0.25) is 5.91 Å². The molecule has 2 unspecified atom stereocenters. The zero-order valence-electron chi connectivity index (χ0n) is 14.0. The minimum Gasteiger partial charge on any atom is -0.350 e. The van der Waals surface area contributed by atoms with Crippen LogP contribution >= 0.6 is 0 Å². The molecule has 2 heterocycles. The van der Waals surface area contributed by atoms with E-state index in [1.54, 1.807) is 0 Å². The van der Waals surface area contributed by atoms with Crippen LogP contribution in [0, 0.1) is 0 Å². The third-order valence-electron chi connectivity index (χ3n) is 4.91. The van der Waals surface area contributed by atoms with E-state index in [4.69, 9.17) is 0 Å². The fraction of sp³-hybridized carbons (Fsp3) is 0.611. The van der Waals surface area contributed by atoms with Crippen LogP contribution in [-0.2, 0) is 4.79 Å². The van der Waals surface area contributed by atoms with E-state index < -0.39 is 0 Å². The van der Waals surface area contributed by atoms with Crippen LogP contribution in [0.1, 0.15) is 24.4 Å². The van der Waals surface area contributed by atoms with Crippen molar-refractivity contribution in [1.29, 1.82) is 0 Å². The van der Waals surface area contributed by atoms with Gasteiger partial charge in [-0.15, -0.1) is 0 Å². The number of carbonyl (C=O) groups is 1. The molecule has 2 saturated heterocycles. The summed E-state index contributed by atoms with van der Waals surface area (Å²) in [6.07, 6.45) is 2.21. The van der Waals surface area contributed by atoms with Gasteiger partial charge in [0.1, 0.15) is 6.04 Å². The third kappa shape index (κ3) is 4.31. The molecule has 5 heteroatoms. The first-order chi connectivity index (χ1) is 11.2. The first-order valence-corrected chi connectivity index (χ1v) is 8.72. The number of nitrogens with zero attached hydrogens (tertiary/aromatic N) is 2. The van der Waals surface area contributed by atoms with Crippen LogP contribution < -0.4 is 10.6 Å². The molecule has 0 aromatic heterocycles. The molecule has 1 aromatic carbocycles. The molecule has 2 atom stereocenters. The van der Waals surface area contributed by atoms with Crippen molar-refractivity contribution in [3.05, 3.63) is 35.9 Å². The molecule has 2 N–H and O–H groups in total. The molecule has 23 heavy (non-hydrogen) atoms. The Morgan fingerprint density at radius 3 is 2.61 bits per heavy atom. The second-order valence-corrected chi connectivity index (χ2v) is 6.70. The van der Waals surface area contributed by atoms with Gasteiger partial charge in [-0.25, -0.2) is 0 Å². The van der Waals surface area contributed by atoms with E-state index in [1.165, 1.54) is 0 Å². The van der Waals surface area contributed by atoms with Crippen molar-refractivity contribution in [3.63, 3.8) is 0 Å². The molecule has 2 aliphatic rings. The van der Waals surface area contributed by atoms with Gasteiger partial charge in [-0.05, 0) is 32.0 Å². The van der Waals surface area contributed by atoms with Crippen molar-refractivity contribution in [2.75, 3.05) is 46.3 Å². The maximum Gasteiger partial charge on any atom is 0.242 e. The lowest BCUT2D eigenvalue weighted by molar-refractivity contribution is -0.128. The van der Waals surface area contributed by atoms with Gasteiger partial charge in [-0.1, -0.05) is 30.3 Å². The zero-order valence-corrected chi connectivity index (χ0v) is 14.0. The van der Waals surface area contributed by atoms with E-state index in [-0.39, 0.29) is 18.0 Å². The number of nitrogens with one attached hydrogen (secondary N) is 2. The van der Waals surface area contributed by atoms with E-state index in [9.17, 15) is 4.79 Å². The third-order valence-corrected chi connectivity index (χ3v) is 4.91. The maximum absolute atomic E-state index is 13.0. The summed E-state index contributed by atoms with van der Waals surface area (Å²) in [5.41, 5.74) is 1.10. The van der Waals surface area contributed by atoms with Crippen molar-refractivity contribution < 1.29 is 4.79 Å². The molecule has 0 aliphatic carbocycles. The number of rotatable bonds is 4. The van der Waals surface area contributed by atoms with Crippen LogP contribution in [0.3, 0.4) is 0 Å². The van der Waals surface area contributed by atoms with Gasteiger partial charge in [-0.2, -0.15) is 0 Å². The highest BCUT2D eigenvalue weighted by atomic mass is 16.2. The first-order valence-electron chi connectivity index (χ1n) is 8.72. The largest absolute Gasteiger partial charge is 0.350 e. The number of benzene rings is 1. The Balaban J connectivity index is 1.73. The smallest absolute Gasteiger partial charge is 0.242 e. The molecule has 0 bridgehead atoms. The molecule has 1 amide bonds. The molecule has 3 rings (SSSR count).